The second-order valence-electron chi connectivity index (χ2n) is 8.75. The Kier molecular flexibility index (Phi) is 10.5. The van der Waals surface area contributed by atoms with E-state index in [4.69, 9.17) is 11.1 Å². The van der Waals surface area contributed by atoms with E-state index in [2.05, 4.69) is 21.9 Å². The number of alkyl halides is 3. The van der Waals surface area contributed by atoms with Crippen LogP contribution in [0.4, 0.5) is 24.5 Å². The normalized spacial score (nSPS) is 11.6. The summed E-state index contributed by atoms with van der Waals surface area (Å²) in [7, 11) is 0.947. The number of esters is 1. The second kappa shape index (κ2) is 13.3. The first-order chi connectivity index (χ1) is 18.2. The Hall–Kier alpha value is -4.53. The molecule has 0 aromatic heterocycles. The first-order valence-corrected chi connectivity index (χ1v) is 11.8. The van der Waals surface area contributed by atoms with Crippen molar-refractivity contribution in [2.24, 2.45) is 5.73 Å². The second-order valence-corrected chi connectivity index (χ2v) is 8.75. The molecule has 0 spiro atoms. The van der Waals surface area contributed by atoms with Gasteiger partial charge in [0, 0.05) is 28.5 Å². The van der Waals surface area contributed by atoms with Gasteiger partial charge in [0.1, 0.15) is 11.9 Å². The van der Waals surface area contributed by atoms with E-state index in [1.54, 1.807) is 63.2 Å². The number of halogens is 3. The number of anilines is 2. The average molecular weight is 546 g/mol. The van der Waals surface area contributed by atoms with Gasteiger partial charge < -0.3 is 26.0 Å². The number of methoxy groups -OCH3 is 1. The molecule has 0 aliphatic rings. The number of carbonyl (C=O) groups excluding carboxylic acids is 3. The van der Waals surface area contributed by atoms with Crippen LogP contribution in [0.1, 0.15) is 37.0 Å². The summed E-state index contributed by atoms with van der Waals surface area (Å²) in [6.07, 6.45) is -5.96. The van der Waals surface area contributed by atoms with Gasteiger partial charge >= 0.3 is 18.1 Å². The maximum Gasteiger partial charge on any atom is 0.471 e. The number of nitrogen functional groups attached to an aromatic ring is 1. The van der Waals surface area contributed by atoms with Crippen molar-refractivity contribution in [3.05, 3.63) is 59.2 Å². The first kappa shape index (κ1) is 30.7. The Morgan fingerprint density at radius 3 is 2.28 bits per heavy atom. The van der Waals surface area contributed by atoms with Crippen molar-refractivity contribution in [2.75, 3.05) is 23.9 Å². The molecule has 208 valence electrons. The van der Waals surface area contributed by atoms with E-state index in [0.29, 0.717) is 23.4 Å². The lowest BCUT2D eigenvalue weighted by molar-refractivity contribution is -0.175. The van der Waals surface area contributed by atoms with Gasteiger partial charge in [0.15, 0.2) is 0 Å². The minimum Gasteiger partial charge on any atom is -0.467 e. The molecule has 2 amide bonds. The molecule has 12 heteroatoms. The maximum atomic E-state index is 13.1. The van der Waals surface area contributed by atoms with E-state index in [1.165, 1.54) is 10.2 Å². The van der Waals surface area contributed by atoms with Crippen LogP contribution in [0.3, 0.4) is 0 Å². The quantitative estimate of drug-likeness (QED) is 0.165. The average Bonchev–Trinajstić information content (AvgIpc) is 2.86. The summed E-state index contributed by atoms with van der Waals surface area (Å²) in [5.41, 5.74) is 8.77. The van der Waals surface area contributed by atoms with Crippen molar-refractivity contribution in [3.63, 3.8) is 0 Å². The fraction of sp³-hybridized carbons (Fsp3) is 0.333. The van der Waals surface area contributed by atoms with Gasteiger partial charge in [-0.2, -0.15) is 13.2 Å². The number of amidine groups is 1. The zero-order valence-electron chi connectivity index (χ0n) is 21.9. The fourth-order valence-corrected chi connectivity index (χ4v) is 3.57. The van der Waals surface area contributed by atoms with Crippen molar-refractivity contribution in [1.29, 1.82) is 5.41 Å². The van der Waals surface area contributed by atoms with E-state index in [1.807, 2.05) is 0 Å². The van der Waals surface area contributed by atoms with Gasteiger partial charge in [0.05, 0.1) is 20.1 Å². The van der Waals surface area contributed by atoms with E-state index < -0.39 is 42.5 Å². The summed E-state index contributed by atoms with van der Waals surface area (Å²) in [5.74, 6) is 1.83. The van der Waals surface area contributed by atoms with Crippen LogP contribution >= 0.6 is 0 Å². The zero-order chi connectivity index (χ0) is 29.3. The molecule has 0 heterocycles. The van der Waals surface area contributed by atoms with Crippen LogP contribution in [0.2, 0.25) is 0 Å². The van der Waals surface area contributed by atoms with Crippen LogP contribution in [-0.2, 0) is 19.1 Å². The van der Waals surface area contributed by atoms with Crippen LogP contribution in [0.5, 0.6) is 0 Å². The molecule has 0 aliphatic carbocycles. The number of hydrogen-bond acceptors (Lipinski definition) is 6. The molecule has 9 nitrogen and oxygen atoms in total. The molecule has 5 N–H and O–H groups in total. The Bertz CT molecular complexity index is 1280. The van der Waals surface area contributed by atoms with Crippen LogP contribution < -0.4 is 21.3 Å². The lowest BCUT2D eigenvalue weighted by Gasteiger charge is -2.29. The Morgan fingerprint density at radius 1 is 1.13 bits per heavy atom. The third-order valence-corrected chi connectivity index (χ3v) is 5.50. The van der Waals surface area contributed by atoms with Gasteiger partial charge in [-0.3, -0.25) is 15.0 Å². The van der Waals surface area contributed by atoms with Crippen LogP contribution in [0.15, 0.2) is 42.5 Å². The molecular formula is C27H30F3N5O4. The number of hydrogen-bond donors (Lipinski definition) is 4. The van der Waals surface area contributed by atoms with Crippen molar-refractivity contribution in [1.82, 2.24) is 5.32 Å². The van der Waals surface area contributed by atoms with Crippen molar-refractivity contribution >= 4 is 35.0 Å². The Labute approximate surface area is 224 Å². The highest BCUT2D eigenvalue weighted by atomic mass is 19.4. The highest BCUT2D eigenvalue weighted by molar-refractivity contribution is 5.98. The number of nitrogens with one attached hydrogen (secondary N) is 3. The van der Waals surface area contributed by atoms with Crippen LogP contribution in [0.25, 0.3) is 0 Å². The lowest BCUT2D eigenvalue weighted by atomic mass is 10.1. The van der Waals surface area contributed by atoms with Crippen molar-refractivity contribution < 1.29 is 32.3 Å². The predicted octanol–water partition coefficient (Wildman–Crippen LogP) is 3.09. The van der Waals surface area contributed by atoms with E-state index in [-0.39, 0.29) is 5.84 Å². The monoisotopic (exact) mass is 545 g/mol. The van der Waals surface area contributed by atoms with Gasteiger partial charge in [0.25, 0.3) is 0 Å². The molecule has 0 saturated carbocycles. The van der Waals surface area contributed by atoms with Gasteiger partial charge in [0.2, 0.25) is 5.91 Å². The molecule has 0 saturated heterocycles. The first-order valence-electron chi connectivity index (χ1n) is 11.8. The highest BCUT2D eigenvalue weighted by Gasteiger charge is 2.41. The minimum absolute atomic E-state index is 0.0190. The smallest absolute Gasteiger partial charge is 0.467 e. The van der Waals surface area contributed by atoms with Gasteiger partial charge in [-0.1, -0.05) is 11.8 Å². The molecule has 0 bridgehead atoms. The van der Waals surface area contributed by atoms with E-state index >= 15 is 0 Å². The number of benzene rings is 2. The molecule has 2 aromatic carbocycles. The highest BCUT2D eigenvalue weighted by Crippen LogP contribution is 2.23. The summed E-state index contributed by atoms with van der Waals surface area (Å²) < 4.78 is 42.6. The summed E-state index contributed by atoms with van der Waals surface area (Å²) >= 11 is 0. The molecule has 1 unspecified atom stereocenters. The molecule has 2 rings (SSSR count). The minimum atomic E-state index is -5.23. The third kappa shape index (κ3) is 8.77. The number of aryl methyl sites for hydroxylation is 1. The Morgan fingerprint density at radius 2 is 1.77 bits per heavy atom. The molecule has 39 heavy (non-hydrogen) atoms. The third-order valence-electron chi connectivity index (χ3n) is 5.50. The summed E-state index contributed by atoms with van der Waals surface area (Å²) in [6, 6.07) is 9.86. The number of nitrogens with zero attached hydrogens (tertiary/aromatic N) is 1. The molecule has 0 aliphatic heterocycles. The van der Waals surface area contributed by atoms with Crippen molar-refractivity contribution in [3.8, 4) is 11.8 Å². The lowest BCUT2D eigenvalue weighted by Crippen LogP contribution is -2.50. The van der Waals surface area contributed by atoms with E-state index in [0.717, 1.165) is 18.4 Å². The molecule has 0 radical (unpaired) electrons. The van der Waals surface area contributed by atoms with Gasteiger partial charge in [-0.15, -0.1) is 0 Å². The summed E-state index contributed by atoms with van der Waals surface area (Å²) in [6.45, 7) is 5.55. The number of carbonyl (C=O) groups is 3. The Balaban J connectivity index is 2.15. The number of rotatable bonds is 9. The zero-order valence-corrected chi connectivity index (χ0v) is 21.9. The predicted molar refractivity (Wildman–Crippen MR) is 141 cm³/mol. The number of nitrogens with two attached hydrogens (primary N) is 1. The molecule has 1 atom stereocenters. The summed E-state index contributed by atoms with van der Waals surface area (Å²) in [4.78, 5) is 37.8. The van der Waals surface area contributed by atoms with Crippen LogP contribution in [0, 0.1) is 24.2 Å². The van der Waals surface area contributed by atoms with Gasteiger partial charge in [-0.25, -0.2) is 4.79 Å². The molecular weight excluding hydrogens is 515 g/mol. The van der Waals surface area contributed by atoms with Crippen LogP contribution in [-0.4, -0.2) is 55.5 Å². The van der Waals surface area contributed by atoms with Gasteiger partial charge in [-0.05, 0) is 68.8 Å². The fourth-order valence-electron chi connectivity index (χ4n) is 3.57. The maximum absolute atomic E-state index is 13.1. The largest absolute Gasteiger partial charge is 0.471 e. The number of ether oxygens (including phenoxy) is 1. The standard InChI is InChI=1S/C27H30F3N5O4/c1-16(2)35(23(36)15-22(25(37)39-4)34-26(38)27(28,29)30)21-12-9-18(17(3)14-21)6-5-13-33-20-10-7-19(8-11-20)24(31)32/h7-12,14,16,22,33H,13,15H2,1-4H3,(H3,31,32)(H,34,38). The molecule has 0 fully saturated rings. The SMILES string of the molecule is COC(=O)C(CC(=O)N(c1ccc(C#CCNc2ccc(C(=N)N)cc2)c(C)c1)C(C)C)NC(=O)C(F)(F)F. The molecule has 2 aromatic rings. The topological polar surface area (TPSA) is 138 Å². The summed E-state index contributed by atoms with van der Waals surface area (Å²) in [5, 5.41) is 12.1. The van der Waals surface area contributed by atoms with Crippen molar-refractivity contribution in [2.45, 2.75) is 45.5 Å². The number of amides is 2. The van der Waals surface area contributed by atoms with E-state index in [9.17, 15) is 27.6 Å².